The lowest BCUT2D eigenvalue weighted by Gasteiger charge is -2.36. The summed E-state index contributed by atoms with van der Waals surface area (Å²) in [5.41, 5.74) is 2.01. The first-order chi connectivity index (χ1) is 17.4. The molecule has 2 amide bonds. The highest BCUT2D eigenvalue weighted by Crippen LogP contribution is 2.36. The molecule has 10 heteroatoms. The molecule has 1 aromatic heterocycles. The van der Waals surface area contributed by atoms with Gasteiger partial charge in [-0.2, -0.15) is 11.5 Å². The van der Waals surface area contributed by atoms with Gasteiger partial charge in [0, 0.05) is 5.69 Å². The van der Waals surface area contributed by atoms with Crippen LogP contribution in [0.5, 0.6) is 0 Å². The van der Waals surface area contributed by atoms with Crippen molar-refractivity contribution in [1.29, 1.82) is 0 Å². The Balaban J connectivity index is 1.63. The number of rotatable bonds is 9. The highest BCUT2D eigenvalue weighted by Gasteiger charge is 2.37. The maximum atomic E-state index is 13.0. The fourth-order valence-electron chi connectivity index (χ4n) is 3.17. The average molecular weight is 555 g/mol. The van der Waals surface area contributed by atoms with Gasteiger partial charge in [0.25, 0.3) is 11.8 Å². The van der Waals surface area contributed by atoms with Crippen molar-refractivity contribution >= 4 is 60.1 Å². The second-order valence-electron chi connectivity index (χ2n) is 9.94. The summed E-state index contributed by atoms with van der Waals surface area (Å²) < 4.78 is 6.72. The molecule has 2 N–H and O–H groups in total. The summed E-state index contributed by atoms with van der Waals surface area (Å²) in [6.45, 7) is 19.4. The topological polar surface area (TPSA) is 75.0 Å². The molecule has 0 saturated heterocycles. The smallest absolute Gasteiger partial charge is 0.265 e. The number of carbonyl (C=O) groups excluding carboxylic acids is 2. The predicted molar refractivity (Wildman–Crippen MR) is 155 cm³/mol. The minimum absolute atomic E-state index is 0.106. The lowest BCUT2D eigenvalue weighted by atomic mass is 10.1. The molecule has 0 aliphatic carbocycles. The zero-order chi connectivity index (χ0) is 27.2. The number of hydrogen-bond acceptors (Lipinski definition) is 5. The van der Waals surface area contributed by atoms with Gasteiger partial charge in [-0.1, -0.05) is 49.5 Å². The summed E-state index contributed by atoms with van der Waals surface area (Å²) in [5, 5.41) is 7.30. The normalized spacial score (nSPS) is 11.5. The number of amides is 2. The van der Waals surface area contributed by atoms with Gasteiger partial charge < -0.3 is 15.1 Å². The molecule has 3 aromatic rings. The Kier molecular flexibility index (Phi) is 9.15. The van der Waals surface area contributed by atoms with Crippen molar-refractivity contribution in [1.82, 2.24) is 0 Å². The van der Waals surface area contributed by atoms with Gasteiger partial charge in [-0.05, 0) is 66.7 Å². The largest absolute Gasteiger partial charge is 0.415 e. The summed E-state index contributed by atoms with van der Waals surface area (Å²) in [7, 11) is -1.89. The molecule has 0 saturated carbocycles. The molecule has 37 heavy (non-hydrogen) atoms. The van der Waals surface area contributed by atoms with E-state index in [1.807, 2.05) is 0 Å². The van der Waals surface area contributed by atoms with Crippen LogP contribution in [0.2, 0.25) is 22.5 Å². The third-order valence-corrected chi connectivity index (χ3v) is 12.1. The second-order valence-corrected chi connectivity index (χ2v) is 16.5. The summed E-state index contributed by atoms with van der Waals surface area (Å²) in [6, 6.07) is 17.1. The van der Waals surface area contributed by atoms with Crippen molar-refractivity contribution in [2.75, 3.05) is 28.8 Å². The minimum atomic E-state index is -1.89. The molecule has 0 unspecified atom stereocenters. The summed E-state index contributed by atoms with van der Waals surface area (Å²) in [6.07, 6.45) is 0. The van der Waals surface area contributed by atoms with Crippen LogP contribution in [0.15, 0.2) is 60.7 Å². The molecule has 0 fully saturated rings. The van der Waals surface area contributed by atoms with Crippen molar-refractivity contribution in [3.63, 3.8) is 0 Å². The predicted octanol–water partition coefficient (Wildman–Crippen LogP) is 7.57. The van der Waals surface area contributed by atoms with Gasteiger partial charge in [-0.25, -0.2) is 0 Å². The average Bonchev–Trinajstić information content (AvgIpc) is 3.28. The van der Waals surface area contributed by atoms with Crippen LogP contribution in [0.4, 0.5) is 17.1 Å². The zero-order valence-electron chi connectivity index (χ0n) is 21.6. The van der Waals surface area contributed by atoms with Crippen LogP contribution in [0.25, 0.3) is 4.95 Å². The highest BCUT2D eigenvalue weighted by atomic mass is 35.5. The number of hydrogen-bond donors (Lipinski definition) is 2. The second kappa shape index (κ2) is 11.9. The number of nitrogens with zero attached hydrogens (tertiary/aromatic N) is 2. The van der Waals surface area contributed by atoms with E-state index in [0.717, 1.165) is 0 Å². The van der Waals surface area contributed by atoms with Crippen molar-refractivity contribution in [3.05, 3.63) is 87.0 Å². The van der Waals surface area contributed by atoms with Crippen molar-refractivity contribution in [2.45, 2.75) is 38.9 Å². The summed E-state index contributed by atoms with van der Waals surface area (Å²) in [5.74, 6) is -0.698. The van der Waals surface area contributed by atoms with Gasteiger partial charge in [-0.15, -0.1) is 11.3 Å². The SMILES string of the molecule is [C-]#[N+]N(CCO[Si](C)(C)C(C)(C)C)c1ccc(NC(=O)c2ccccc2NC(=O)c2ccc(Cl)s2)cc1. The molecule has 1 heterocycles. The number of anilines is 3. The van der Waals surface area contributed by atoms with Gasteiger partial charge in [0.1, 0.15) is 12.2 Å². The highest BCUT2D eigenvalue weighted by molar-refractivity contribution is 7.18. The van der Waals surface area contributed by atoms with E-state index in [2.05, 4.69) is 49.5 Å². The standard InChI is InChI=1S/C27H31ClN4O3SSi/c1-27(2,3)37(5,6)35-18-17-32(29-4)20-13-11-19(12-14-20)30-25(33)21-9-7-8-10-22(21)31-26(34)23-15-16-24(28)36-23/h7-16H,17-18H2,1-3,5-6H3,(H,30,33)(H,31,34). The number of halogens is 1. The van der Waals surface area contributed by atoms with Gasteiger partial charge in [0.05, 0.1) is 27.1 Å². The van der Waals surface area contributed by atoms with Gasteiger partial charge in [0.2, 0.25) is 0 Å². The number of carbonyl (C=O) groups is 2. The Hall–Kier alpha value is -3.16. The molecule has 7 nitrogen and oxygen atoms in total. The molecule has 0 aliphatic heterocycles. The van der Waals surface area contributed by atoms with Crippen molar-refractivity contribution in [2.24, 2.45) is 0 Å². The van der Waals surface area contributed by atoms with Gasteiger partial charge in [0.15, 0.2) is 8.32 Å². The first-order valence-corrected chi connectivity index (χ1v) is 15.9. The zero-order valence-corrected chi connectivity index (χ0v) is 24.2. The molecular formula is C27H31ClN4O3SSi. The Bertz CT molecular complexity index is 1300. The first-order valence-electron chi connectivity index (χ1n) is 11.8. The maximum absolute atomic E-state index is 13.0. The van der Waals surface area contributed by atoms with Crippen LogP contribution in [-0.4, -0.2) is 33.3 Å². The Morgan fingerprint density at radius 2 is 1.70 bits per heavy atom. The molecule has 2 aromatic carbocycles. The van der Waals surface area contributed by atoms with Crippen LogP contribution in [0.1, 0.15) is 40.8 Å². The number of benzene rings is 2. The van der Waals surface area contributed by atoms with Crippen LogP contribution < -0.4 is 15.6 Å². The number of nitrogens with one attached hydrogen (secondary N) is 2. The maximum Gasteiger partial charge on any atom is 0.265 e. The molecule has 0 bridgehead atoms. The lowest BCUT2D eigenvalue weighted by molar-refractivity contribution is 0.102. The Morgan fingerprint density at radius 3 is 2.30 bits per heavy atom. The van der Waals surface area contributed by atoms with E-state index in [1.54, 1.807) is 65.7 Å². The van der Waals surface area contributed by atoms with E-state index in [-0.39, 0.29) is 16.9 Å². The quantitative estimate of drug-likeness (QED) is 0.162. The molecule has 0 atom stereocenters. The number of para-hydroxylation sites is 1. The van der Waals surface area contributed by atoms with E-state index in [1.165, 1.54) is 11.3 Å². The van der Waals surface area contributed by atoms with Crippen molar-refractivity contribution in [3.8, 4) is 0 Å². The monoisotopic (exact) mass is 554 g/mol. The van der Waals surface area contributed by atoms with Crippen molar-refractivity contribution < 1.29 is 14.0 Å². The Labute approximate surface area is 228 Å². The molecule has 0 aliphatic rings. The van der Waals surface area contributed by atoms with Crippen LogP contribution in [0, 0.1) is 6.57 Å². The van der Waals surface area contributed by atoms with Crippen LogP contribution in [0.3, 0.4) is 0 Å². The van der Waals surface area contributed by atoms with E-state index >= 15 is 0 Å². The lowest BCUT2D eigenvalue weighted by Crippen LogP contribution is -2.42. The van der Waals surface area contributed by atoms with E-state index in [4.69, 9.17) is 22.6 Å². The first kappa shape index (κ1) is 28.4. The van der Waals surface area contributed by atoms with Gasteiger partial charge >= 0.3 is 0 Å². The van der Waals surface area contributed by atoms with Gasteiger partial charge in [-0.3, -0.25) is 9.59 Å². The summed E-state index contributed by atoms with van der Waals surface area (Å²) >= 11 is 7.09. The molecular weight excluding hydrogens is 524 g/mol. The minimum Gasteiger partial charge on any atom is -0.415 e. The third-order valence-electron chi connectivity index (χ3n) is 6.33. The van der Waals surface area contributed by atoms with Crippen LogP contribution in [-0.2, 0) is 4.43 Å². The van der Waals surface area contributed by atoms with E-state index < -0.39 is 8.32 Å². The van der Waals surface area contributed by atoms with E-state index in [0.29, 0.717) is 45.0 Å². The summed E-state index contributed by atoms with van der Waals surface area (Å²) in [4.78, 5) is 29.6. The third kappa shape index (κ3) is 7.43. The molecule has 194 valence electrons. The molecule has 0 spiro atoms. The van der Waals surface area contributed by atoms with E-state index in [9.17, 15) is 9.59 Å². The Morgan fingerprint density at radius 1 is 1.03 bits per heavy atom. The number of thiophene rings is 1. The fourth-order valence-corrected chi connectivity index (χ4v) is 5.14. The van der Waals surface area contributed by atoms with Crippen LogP contribution >= 0.6 is 22.9 Å². The molecule has 3 rings (SSSR count). The fraction of sp³-hybridized carbons (Fsp3) is 0.296. The molecule has 0 radical (unpaired) electrons.